The lowest BCUT2D eigenvalue weighted by Gasteiger charge is -2.30. The highest BCUT2D eigenvalue weighted by Crippen LogP contribution is 2.33. The van der Waals surface area contributed by atoms with Crippen molar-refractivity contribution in [3.05, 3.63) is 47.5 Å². The quantitative estimate of drug-likeness (QED) is 0.420. The van der Waals surface area contributed by atoms with Gasteiger partial charge in [0.2, 0.25) is 5.95 Å². The normalized spacial score (nSPS) is 23.6. The lowest BCUT2D eigenvalue weighted by Crippen LogP contribution is -2.45. The first kappa shape index (κ1) is 26.7. The van der Waals surface area contributed by atoms with Gasteiger partial charge in [0.05, 0.1) is 37.1 Å². The van der Waals surface area contributed by atoms with Crippen LogP contribution >= 0.6 is 0 Å². The molecule has 38 heavy (non-hydrogen) atoms. The minimum atomic E-state index is -2.84. The van der Waals surface area contributed by atoms with E-state index in [-0.39, 0.29) is 43.2 Å². The topological polar surface area (TPSA) is 101 Å². The van der Waals surface area contributed by atoms with Gasteiger partial charge >= 0.3 is 0 Å². The van der Waals surface area contributed by atoms with Gasteiger partial charge in [-0.2, -0.15) is 0 Å². The zero-order valence-electron chi connectivity index (χ0n) is 21.4. The summed E-state index contributed by atoms with van der Waals surface area (Å²) >= 11 is 0. The van der Waals surface area contributed by atoms with Crippen LogP contribution in [0.3, 0.4) is 0 Å². The third-order valence-electron chi connectivity index (χ3n) is 6.99. The summed E-state index contributed by atoms with van der Waals surface area (Å²) < 4.78 is 52.8. The second-order valence-corrected chi connectivity index (χ2v) is 10.3. The van der Waals surface area contributed by atoms with Crippen molar-refractivity contribution in [2.24, 2.45) is 0 Å². The summed E-state index contributed by atoms with van der Waals surface area (Å²) in [4.78, 5) is 13.1. The molecule has 2 fully saturated rings. The van der Waals surface area contributed by atoms with Crippen molar-refractivity contribution in [1.82, 2.24) is 20.3 Å². The van der Waals surface area contributed by atoms with Gasteiger partial charge in [-0.05, 0) is 35.6 Å². The number of aliphatic hydroxyl groups is 1. The molecule has 0 radical (unpaired) electrons. The maximum absolute atomic E-state index is 14.9. The molecule has 0 saturated carbocycles. The van der Waals surface area contributed by atoms with Crippen molar-refractivity contribution >= 4 is 16.9 Å². The van der Waals surface area contributed by atoms with Gasteiger partial charge in [-0.15, -0.1) is 0 Å². The van der Waals surface area contributed by atoms with Gasteiger partial charge < -0.3 is 25.2 Å². The molecule has 0 amide bonds. The summed E-state index contributed by atoms with van der Waals surface area (Å²) in [7, 11) is 0. The highest BCUT2D eigenvalue weighted by atomic mass is 19.3. The number of alkyl halides is 2. The van der Waals surface area contributed by atoms with E-state index in [1.165, 1.54) is 0 Å². The van der Waals surface area contributed by atoms with Crippen molar-refractivity contribution in [1.29, 1.82) is 0 Å². The molecule has 3 aromatic rings. The number of hydrogen-bond acceptors (Lipinski definition) is 8. The summed E-state index contributed by atoms with van der Waals surface area (Å²) in [6, 6.07) is 4.69. The predicted molar refractivity (Wildman–Crippen MR) is 137 cm³/mol. The molecule has 0 bridgehead atoms. The van der Waals surface area contributed by atoms with Crippen LogP contribution in [0.15, 0.2) is 30.6 Å². The number of nitrogens with zero attached hydrogens (tertiary/aromatic N) is 3. The molecule has 8 nitrogen and oxygen atoms in total. The van der Waals surface area contributed by atoms with E-state index >= 15 is 0 Å². The molecule has 3 N–H and O–H groups in total. The smallest absolute Gasteiger partial charge is 0.272 e. The fourth-order valence-electron chi connectivity index (χ4n) is 5.13. The number of ether oxygens (including phenoxy) is 2. The van der Waals surface area contributed by atoms with E-state index in [2.05, 4.69) is 39.4 Å². The SMILES string of the molecule is CC(C)c1c(CN[C@H]2COCC(F)(F)C2)cnc2ccc(-c3nc(N[C@@H]4CCOC[C@H]4O)ncc3F)cc12. The van der Waals surface area contributed by atoms with Crippen LogP contribution in [-0.2, 0) is 16.0 Å². The molecule has 2 aliphatic rings. The summed E-state index contributed by atoms with van der Waals surface area (Å²) in [5.74, 6) is -3.10. The van der Waals surface area contributed by atoms with Crippen LogP contribution in [0.5, 0.6) is 0 Å². The van der Waals surface area contributed by atoms with Crippen molar-refractivity contribution in [3.63, 3.8) is 0 Å². The number of fused-ring (bicyclic) bond motifs is 1. The van der Waals surface area contributed by atoms with Gasteiger partial charge in [-0.3, -0.25) is 4.98 Å². The van der Waals surface area contributed by atoms with E-state index in [4.69, 9.17) is 9.47 Å². The number of hydrogen-bond donors (Lipinski definition) is 3. The van der Waals surface area contributed by atoms with Crippen LogP contribution in [-0.4, -0.2) is 70.6 Å². The molecule has 1 aromatic carbocycles. The molecule has 0 aliphatic carbocycles. The molecule has 4 heterocycles. The van der Waals surface area contributed by atoms with Gasteiger partial charge in [0.1, 0.15) is 12.3 Å². The summed E-state index contributed by atoms with van der Waals surface area (Å²) in [5, 5.41) is 17.3. The Kier molecular flexibility index (Phi) is 7.80. The second-order valence-electron chi connectivity index (χ2n) is 10.3. The molecule has 0 spiro atoms. The highest BCUT2D eigenvalue weighted by molar-refractivity contribution is 5.88. The molecular weight excluding hydrogens is 499 g/mol. The first-order valence-electron chi connectivity index (χ1n) is 12.9. The van der Waals surface area contributed by atoms with Crippen molar-refractivity contribution in [2.75, 3.05) is 31.7 Å². The molecule has 2 saturated heterocycles. The Bertz CT molecular complexity index is 1290. The maximum atomic E-state index is 14.9. The van der Waals surface area contributed by atoms with Crippen LogP contribution in [0.2, 0.25) is 0 Å². The minimum Gasteiger partial charge on any atom is -0.389 e. The van der Waals surface area contributed by atoms with Crippen molar-refractivity contribution < 1.29 is 27.8 Å². The van der Waals surface area contributed by atoms with Gasteiger partial charge in [-0.25, -0.2) is 23.1 Å². The monoisotopic (exact) mass is 531 g/mol. The molecule has 0 unspecified atom stereocenters. The third kappa shape index (κ3) is 5.90. The number of aliphatic hydroxyl groups excluding tert-OH is 1. The zero-order valence-corrected chi connectivity index (χ0v) is 21.4. The highest BCUT2D eigenvalue weighted by Gasteiger charge is 2.37. The molecule has 3 atom stereocenters. The Hall–Kier alpha value is -2.86. The number of anilines is 1. The van der Waals surface area contributed by atoms with Gasteiger partial charge in [0, 0.05) is 42.8 Å². The van der Waals surface area contributed by atoms with Crippen molar-refractivity contribution in [2.45, 2.75) is 63.3 Å². The lowest BCUT2D eigenvalue weighted by atomic mass is 9.92. The number of rotatable bonds is 7. The fourth-order valence-corrected chi connectivity index (χ4v) is 5.13. The van der Waals surface area contributed by atoms with E-state index in [9.17, 15) is 18.3 Å². The first-order chi connectivity index (χ1) is 18.2. The number of pyridine rings is 1. The summed E-state index contributed by atoms with van der Waals surface area (Å²) in [5.41, 5.74) is 3.32. The van der Waals surface area contributed by atoms with E-state index in [0.29, 0.717) is 25.1 Å². The van der Waals surface area contributed by atoms with Gasteiger partial charge in [-0.1, -0.05) is 19.9 Å². The minimum absolute atomic E-state index is 0.0964. The average Bonchev–Trinajstić information content (AvgIpc) is 2.88. The molecular formula is C27H32F3N5O3. The number of benzene rings is 1. The standard InChI is InChI=1S/C27H32F3N5O3/c1-15(2)24-17(9-31-18-8-27(29,30)14-38-12-18)10-32-21-4-3-16(7-19(21)24)25-20(28)11-33-26(35-25)34-22-5-6-37-13-23(22)36/h3-4,7,10-11,15,18,22-23,31,36H,5-6,8-9,12-14H2,1-2H3,(H,33,34,35)/t18-,22-,23-/m1/s1. The Morgan fingerprint density at radius 1 is 1.16 bits per heavy atom. The Balaban J connectivity index is 1.44. The van der Waals surface area contributed by atoms with Crippen LogP contribution in [0.1, 0.15) is 43.7 Å². The van der Waals surface area contributed by atoms with Crippen LogP contribution in [0, 0.1) is 5.82 Å². The zero-order chi connectivity index (χ0) is 26.9. The molecule has 5 rings (SSSR count). The Labute approximate surface area is 219 Å². The summed E-state index contributed by atoms with van der Waals surface area (Å²) in [6.45, 7) is 4.86. The van der Waals surface area contributed by atoms with Crippen LogP contribution in [0.25, 0.3) is 22.2 Å². The van der Waals surface area contributed by atoms with E-state index in [0.717, 1.165) is 28.2 Å². The molecule has 11 heteroatoms. The number of aromatic nitrogens is 3. The van der Waals surface area contributed by atoms with E-state index in [1.54, 1.807) is 12.3 Å². The lowest BCUT2D eigenvalue weighted by molar-refractivity contribution is -0.125. The molecule has 2 aromatic heterocycles. The van der Waals surface area contributed by atoms with Crippen LogP contribution in [0.4, 0.5) is 19.1 Å². The van der Waals surface area contributed by atoms with Gasteiger partial charge in [0.15, 0.2) is 5.82 Å². The molecule has 2 aliphatic heterocycles. The fraction of sp³-hybridized carbons (Fsp3) is 0.519. The van der Waals surface area contributed by atoms with E-state index < -0.39 is 30.5 Å². The predicted octanol–water partition coefficient (Wildman–Crippen LogP) is 4.03. The Morgan fingerprint density at radius 2 is 2.00 bits per heavy atom. The number of halogens is 3. The largest absolute Gasteiger partial charge is 0.389 e. The van der Waals surface area contributed by atoms with Crippen LogP contribution < -0.4 is 10.6 Å². The first-order valence-corrected chi connectivity index (χ1v) is 12.9. The van der Waals surface area contributed by atoms with Gasteiger partial charge in [0.25, 0.3) is 5.92 Å². The second kappa shape index (κ2) is 11.1. The number of nitrogens with one attached hydrogen (secondary N) is 2. The summed E-state index contributed by atoms with van der Waals surface area (Å²) in [6.07, 6.45) is 2.48. The van der Waals surface area contributed by atoms with Crippen molar-refractivity contribution in [3.8, 4) is 11.3 Å². The van der Waals surface area contributed by atoms with E-state index in [1.807, 2.05) is 12.1 Å². The third-order valence-corrected chi connectivity index (χ3v) is 6.99. The molecule has 204 valence electrons. The average molecular weight is 532 g/mol. The Morgan fingerprint density at radius 3 is 2.76 bits per heavy atom. The maximum Gasteiger partial charge on any atom is 0.272 e.